The number of aryl methyl sites for hydroxylation is 1. The van der Waals surface area contributed by atoms with Crippen molar-refractivity contribution in [3.05, 3.63) is 41.6 Å². The van der Waals surface area contributed by atoms with Crippen molar-refractivity contribution in [3.8, 4) is 5.69 Å². The largest absolute Gasteiger partial charge is 0.418 e. The van der Waals surface area contributed by atoms with Crippen LogP contribution in [0.15, 0.2) is 30.3 Å². The van der Waals surface area contributed by atoms with E-state index in [0.29, 0.717) is 5.69 Å². The van der Waals surface area contributed by atoms with Gasteiger partial charge in [-0.25, -0.2) is 4.68 Å². The molecule has 2 aromatic rings. The molecule has 0 radical (unpaired) electrons. The Hall–Kier alpha value is -2.35. The summed E-state index contributed by atoms with van der Waals surface area (Å²) < 4.78 is 40.6. The normalized spacial score (nSPS) is 13.0. The van der Waals surface area contributed by atoms with Crippen LogP contribution in [0.25, 0.3) is 5.69 Å². The second-order valence-corrected chi connectivity index (χ2v) is 5.22. The summed E-state index contributed by atoms with van der Waals surface area (Å²) in [5, 5.41) is 6.64. The van der Waals surface area contributed by atoms with E-state index in [0.717, 1.165) is 10.7 Å². The van der Waals surface area contributed by atoms with Crippen molar-refractivity contribution in [1.82, 2.24) is 9.78 Å². The van der Waals surface area contributed by atoms with Gasteiger partial charge < -0.3 is 11.1 Å². The third-order valence-corrected chi connectivity index (χ3v) is 3.32. The summed E-state index contributed by atoms with van der Waals surface area (Å²) in [5.41, 5.74) is 4.94. The molecule has 0 saturated carbocycles. The maximum atomic E-state index is 13.2. The molecule has 23 heavy (non-hydrogen) atoms. The number of nitrogens with two attached hydrogens (primary N) is 1. The molecule has 5 nitrogen and oxygen atoms in total. The Kier molecular flexibility index (Phi) is 4.74. The fourth-order valence-corrected chi connectivity index (χ4v) is 2.03. The quantitative estimate of drug-likeness (QED) is 0.907. The Bertz CT molecular complexity index is 709. The molecule has 0 bridgehead atoms. The van der Waals surface area contributed by atoms with E-state index in [1.165, 1.54) is 24.3 Å². The lowest BCUT2D eigenvalue weighted by atomic mass is 10.1. The van der Waals surface area contributed by atoms with Crippen molar-refractivity contribution in [2.75, 3.05) is 11.9 Å². The Morgan fingerprint density at radius 3 is 2.65 bits per heavy atom. The van der Waals surface area contributed by atoms with Crippen molar-refractivity contribution in [2.45, 2.75) is 20.0 Å². The molecule has 1 unspecified atom stereocenters. The average Bonchev–Trinajstić information content (AvgIpc) is 2.85. The van der Waals surface area contributed by atoms with Crippen molar-refractivity contribution < 1.29 is 18.0 Å². The first kappa shape index (κ1) is 17.0. The minimum absolute atomic E-state index is 0.137. The molecule has 0 saturated heterocycles. The molecule has 2 rings (SSSR count). The monoisotopic (exact) mass is 326 g/mol. The van der Waals surface area contributed by atoms with Crippen LogP contribution < -0.4 is 11.1 Å². The second-order valence-electron chi connectivity index (χ2n) is 5.22. The van der Waals surface area contributed by atoms with Crippen LogP contribution in [0, 0.1) is 12.8 Å². The zero-order valence-electron chi connectivity index (χ0n) is 12.7. The molecule has 1 atom stereocenters. The topological polar surface area (TPSA) is 72.9 Å². The van der Waals surface area contributed by atoms with Gasteiger partial charge in [0.05, 0.1) is 16.9 Å². The summed E-state index contributed by atoms with van der Waals surface area (Å²) in [5.74, 6) is -0.667. The maximum absolute atomic E-state index is 13.2. The van der Waals surface area contributed by atoms with Crippen LogP contribution in [0.4, 0.5) is 19.0 Å². The van der Waals surface area contributed by atoms with Gasteiger partial charge in [0, 0.05) is 18.5 Å². The molecule has 0 aliphatic rings. The number of alkyl halides is 3. The number of para-hydroxylation sites is 1. The summed E-state index contributed by atoms with van der Waals surface area (Å²) in [6.07, 6.45) is -4.53. The Morgan fingerprint density at radius 2 is 2.04 bits per heavy atom. The molecule has 124 valence electrons. The summed E-state index contributed by atoms with van der Waals surface area (Å²) in [4.78, 5) is 12.0. The number of carbonyl (C=O) groups excluding carboxylic acids is 1. The van der Waals surface area contributed by atoms with Gasteiger partial charge in [-0.1, -0.05) is 19.1 Å². The van der Waals surface area contributed by atoms with Gasteiger partial charge in [-0.3, -0.25) is 4.79 Å². The number of benzene rings is 1. The van der Waals surface area contributed by atoms with Crippen LogP contribution in [-0.2, 0) is 11.0 Å². The lowest BCUT2D eigenvalue weighted by Gasteiger charge is -2.16. The van der Waals surface area contributed by atoms with Gasteiger partial charge in [0.25, 0.3) is 0 Å². The molecular formula is C15H17F3N4O. The number of halogens is 3. The van der Waals surface area contributed by atoms with Crippen LogP contribution in [0.5, 0.6) is 0 Å². The fourth-order valence-electron chi connectivity index (χ4n) is 2.03. The van der Waals surface area contributed by atoms with E-state index >= 15 is 0 Å². The number of nitrogens with one attached hydrogen (secondary N) is 1. The van der Waals surface area contributed by atoms with Gasteiger partial charge in [0.2, 0.25) is 5.91 Å². The number of hydrogen-bond acceptors (Lipinski definition) is 3. The van der Waals surface area contributed by atoms with E-state index < -0.39 is 17.7 Å². The van der Waals surface area contributed by atoms with Crippen LogP contribution in [0.3, 0.4) is 0 Å². The lowest BCUT2D eigenvalue weighted by Crippen LogP contribution is -2.27. The highest BCUT2D eigenvalue weighted by Crippen LogP contribution is 2.34. The number of aromatic nitrogens is 2. The first-order valence-corrected chi connectivity index (χ1v) is 6.98. The van der Waals surface area contributed by atoms with Gasteiger partial charge >= 0.3 is 6.18 Å². The maximum Gasteiger partial charge on any atom is 0.418 e. The predicted molar refractivity (Wildman–Crippen MR) is 80.2 cm³/mol. The number of anilines is 1. The predicted octanol–water partition coefficient (Wildman–Crippen LogP) is 2.73. The molecule has 1 aromatic heterocycles. The number of nitrogens with zero attached hydrogens (tertiary/aromatic N) is 2. The third kappa shape index (κ3) is 3.70. The molecule has 8 heteroatoms. The SMILES string of the molecule is Cc1cc(NC(=O)C(C)CN)n(-c2ccccc2C(F)(F)F)n1. The first-order chi connectivity index (χ1) is 10.7. The smallest absolute Gasteiger partial charge is 0.330 e. The molecule has 3 N–H and O–H groups in total. The highest BCUT2D eigenvalue weighted by Gasteiger charge is 2.34. The number of amides is 1. The van der Waals surface area contributed by atoms with Crippen LogP contribution in [-0.4, -0.2) is 22.2 Å². The highest BCUT2D eigenvalue weighted by atomic mass is 19.4. The minimum atomic E-state index is -4.53. The molecule has 0 spiro atoms. The summed E-state index contributed by atoms with van der Waals surface area (Å²) >= 11 is 0. The van der Waals surface area contributed by atoms with Gasteiger partial charge in [-0.15, -0.1) is 0 Å². The average molecular weight is 326 g/mol. The van der Waals surface area contributed by atoms with Crippen LogP contribution >= 0.6 is 0 Å². The van der Waals surface area contributed by atoms with Crippen molar-refractivity contribution in [1.29, 1.82) is 0 Å². The zero-order valence-corrected chi connectivity index (χ0v) is 12.7. The summed E-state index contributed by atoms with van der Waals surface area (Å²) in [6, 6.07) is 6.57. The van der Waals surface area contributed by atoms with E-state index in [4.69, 9.17) is 5.73 Å². The molecular weight excluding hydrogens is 309 g/mol. The summed E-state index contributed by atoms with van der Waals surface area (Å²) in [6.45, 7) is 3.40. The van der Waals surface area contributed by atoms with E-state index in [1.54, 1.807) is 13.8 Å². The Morgan fingerprint density at radius 1 is 1.39 bits per heavy atom. The van der Waals surface area contributed by atoms with E-state index in [1.807, 2.05) is 0 Å². The van der Waals surface area contributed by atoms with Gasteiger partial charge in [0.1, 0.15) is 5.82 Å². The molecule has 1 aromatic carbocycles. The third-order valence-electron chi connectivity index (χ3n) is 3.32. The van der Waals surface area contributed by atoms with Gasteiger partial charge in [-0.05, 0) is 19.1 Å². The Labute approximate surface area is 131 Å². The van der Waals surface area contributed by atoms with Crippen molar-refractivity contribution in [2.24, 2.45) is 11.7 Å². The van der Waals surface area contributed by atoms with Crippen molar-refractivity contribution in [3.63, 3.8) is 0 Å². The summed E-state index contributed by atoms with van der Waals surface area (Å²) in [7, 11) is 0. The highest BCUT2D eigenvalue weighted by molar-refractivity contribution is 5.92. The van der Waals surface area contributed by atoms with E-state index in [-0.39, 0.29) is 24.0 Å². The zero-order chi connectivity index (χ0) is 17.2. The second kappa shape index (κ2) is 6.41. The Balaban J connectivity index is 2.48. The lowest BCUT2D eigenvalue weighted by molar-refractivity contribution is -0.137. The number of carbonyl (C=O) groups is 1. The molecule has 1 amide bonds. The standard InChI is InChI=1S/C15H17F3N4O/c1-9(8-19)14(23)20-13-7-10(2)21-22(13)12-6-4-3-5-11(12)15(16,17)18/h3-7,9H,8,19H2,1-2H3,(H,20,23). The molecule has 0 aliphatic carbocycles. The van der Waals surface area contributed by atoms with Crippen LogP contribution in [0.2, 0.25) is 0 Å². The minimum Gasteiger partial charge on any atom is -0.330 e. The van der Waals surface area contributed by atoms with Crippen molar-refractivity contribution >= 4 is 11.7 Å². The van der Waals surface area contributed by atoms with E-state index in [2.05, 4.69) is 10.4 Å². The molecule has 0 aliphatic heterocycles. The fraction of sp³-hybridized carbons (Fsp3) is 0.333. The number of rotatable bonds is 4. The van der Waals surface area contributed by atoms with Gasteiger partial charge in [-0.2, -0.15) is 18.3 Å². The molecule has 0 fully saturated rings. The first-order valence-electron chi connectivity index (χ1n) is 6.98. The van der Waals surface area contributed by atoms with Gasteiger partial charge in [0.15, 0.2) is 0 Å². The number of hydrogen-bond donors (Lipinski definition) is 2. The van der Waals surface area contributed by atoms with E-state index in [9.17, 15) is 18.0 Å². The molecule has 1 heterocycles. The van der Waals surface area contributed by atoms with Crippen LogP contribution in [0.1, 0.15) is 18.2 Å².